The van der Waals surface area contributed by atoms with E-state index < -0.39 is 0 Å². The van der Waals surface area contributed by atoms with Gasteiger partial charge in [-0.15, -0.1) is 5.10 Å². The van der Waals surface area contributed by atoms with Gasteiger partial charge in [-0.05, 0) is 30.7 Å². The van der Waals surface area contributed by atoms with Crippen molar-refractivity contribution in [2.45, 2.75) is 23.9 Å². The van der Waals surface area contributed by atoms with Gasteiger partial charge in [-0.2, -0.15) is 0 Å². The average molecular weight is 403 g/mol. The lowest BCUT2D eigenvalue weighted by atomic mass is 10.2. The van der Waals surface area contributed by atoms with E-state index >= 15 is 0 Å². The minimum absolute atomic E-state index is 0.0736. The SMILES string of the molecule is COc1ccc(Cl)cc1-c1nc(S[C@@H](C)C(=O)NCc2ccccc2)n[nH]1. The molecule has 0 unspecified atom stereocenters. The van der Waals surface area contributed by atoms with Crippen LogP contribution in [0.2, 0.25) is 5.02 Å². The minimum Gasteiger partial charge on any atom is -0.496 e. The van der Waals surface area contributed by atoms with Gasteiger partial charge in [0, 0.05) is 11.6 Å². The van der Waals surface area contributed by atoms with Gasteiger partial charge in [0.05, 0.1) is 17.9 Å². The number of halogens is 1. The number of methoxy groups -OCH3 is 1. The number of carbonyl (C=O) groups excluding carboxylic acids is 1. The van der Waals surface area contributed by atoms with E-state index in [1.165, 1.54) is 11.8 Å². The van der Waals surface area contributed by atoms with Crippen LogP contribution in [0.25, 0.3) is 11.4 Å². The lowest BCUT2D eigenvalue weighted by molar-refractivity contribution is -0.120. The molecule has 1 atom stereocenters. The third-order valence-corrected chi connectivity index (χ3v) is 5.04. The molecular formula is C19H19ClN4O2S. The van der Waals surface area contributed by atoms with Crippen LogP contribution in [-0.2, 0) is 11.3 Å². The maximum Gasteiger partial charge on any atom is 0.233 e. The van der Waals surface area contributed by atoms with E-state index in [4.69, 9.17) is 16.3 Å². The van der Waals surface area contributed by atoms with Crippen LogP contribution in [0.4, 0.5) is 0 Å². The van der Waals surface area contributed by atoms with Crippen LogP contribution in [0.15, 0.2) is 53.7 Å². The first kappa shape index (κ1) is 19.3. The molecule has 0 aliphatic carbocycles. The number of hydrogen-bond donors (Lipinski definition) is 2. The summed E-state index contributed by atoms with van der Waals surface area (Å²) in [6.45, 7) is 2.31. The van der Waals surface area contributed by atoms with Crippen LogP contribution in [0, 0.1) is 0 Å². The summed E-state index contributed by atoms with van der Waals surface area (Å²) in [5.41, 5.74) is 1.77. The smallest absolute Gasteiger partial charge is 0.233 e. The van der Waals surface area contributed by atoms with Gasteiger partial charge in [0.15, 0.2) is 5.82 Å². The maximum atomic E-state index is 12.3. The Kier molecular flexibility index (Phi) is 6.36. The first-order valence-corrected chi connectivity index (χ1v) is 9.57. The molecule has 27 heavy (non-hydrogen) atoms. The van der Waals surface area contributed by atoms with Gasteiger partial charge in [-0.25, -0.2) is 4.98 Å². The minimum atomic E-state index is -0.335. The Balaban J connectivity index is 1.63. The summed E-state index contributed by atoms with van der Waals surface area (Å²) in [7, 11) is 1.58. The lowest BCUT2D eigenvalue weighted by Gasteiger charge is -2.10. The number of thioether (sulfide) groups is 1. The molecule has 0 aliphatic heterocycles. The second-order valence-corrected chi connectivity index (χ2v) is 7.52. The number of amides is 1. The summed E-state index contributed by atoms with van der Waals surface area (Å²) in [5.74, 6) is 1.10. The van der Waals surface area contributed by atoms with Gasteiger partial charge in [-0.1, -0.05) is 53.7 Å². The number of aromatic amines is 1. The summed E-state index contributed by atoms with van der Waals surface area (Å²) in [4.78, 5) is 16.8. The van der Waals surface area contributed by atoms with Crippen LogP contribution < -0.4 is 10.1 Å². The van der Waals surface area contributed by atoms with Crippen molar-refractivity contribution in [1.29, 1.82) is 0 Å². The Morgan fingerprint density at radius 1 is 1.30 bits per heavy atom. The quantitative estimate of drug-likeness (QED) is 0.585. The highest BCUT2D eigenvalue weighted by Gasteiger charge is 2.18. The highest BCUT2D eigenvalue weighted by Crippen LogP contribution is 2.31. The van der Waals surface area contributed by atoms with Gasteiger partial charge in [0.1, 0.15) is 5.75 Å². The molecule has 2 aromatic carbocycles. The second-order valence-electron chi connectivity index (χ2n) is 5.77. The van der Waals surface area contributed by atoms with E-state index in [-0.39, 0.29) is 11.2 Å². The van der Waals surface area contributed by atoms with E-state index in [0.29, 0.717) is 33.9 Å². The van der Waals surface area contributed by atoms with Crippen molar-refractivity contribution in [3.63, 3.8) is 0 Å². The van der Waals surface area contributed by atoms with Crippen LogP contribution in [0.3, 0.4) is 0 Å². The fourth-order valence-corrected chi connectivity index (χ4v) is 3.35. The summed E-state index contributed by atoms with van der Waals surface area (Å²) in [5, 5.41) is 10.7. The summed E-state index contributed by atoms with van der Waals surface area (Å²) < 4.78 is 5.34. The molecule has 0 spiro atoms. The van der Waals surface area contributed by atoms with Gasteiger partial charge in [0.2, 0.25) is 11.1 Å². The number of nitrogens with zero attached hydrogens (tertiary/aromatic N) is 2. The molecule has 140 valence electrons. The number of aromatic nitrogens is 3. The van der Waals surface area contributed by atoms with E-state index in [1.807, 2.05) is 37.3 Å². The Bertz CT molecular complexity index is 917. The van der Waals surface area contributed by atoms with E-state index in [9.17, 15) is 4.79 Å². The summed E-state index contributed by atoms with van der Waals surface area (Å²) >= 11 is 7.35. The number of hydrogen-bond acceptors (Lipinski definition) is 5. The van der Waals surface area contributed by atoms with Gasteiger partial charge < -0.3 is 10.1 Å². The lowest BCUT2D eigenvalue weighted by Crippen LogP contribution is -2.30. The monoisotopic (exact) mass is 402 g/mol. The highest BCUT2D eigenvalue weighted by molar-refractivity contribution is 8.00. The van der Waals surface area contributed by atoms with Gasteiger partial charge >= 0.3 is 0 Å². The summed E-state index contributed by atoms with van der Waals surface area (Å²) in [6.07, 6.45) is 0. The zero-order chi connectivity index (χ0) is 19.2. The number of carbonyl (C=O) groups is 1. The fraction of sp³-hybridized carbons (Fsp3) is 0.211. The second kappa shape index (κ2) is 8.92. The van der Waals surface area contributed by atoms with E-state index in [0.717, 1.165) is 5.56 Å². The Hall–Kier alpha value is -2.51. The molecule has 3 aromatic rings. The number of H-pyrrole nitrogens is 1. The highest BCUT2D eigenvalue weighted by atomic mass is 35.5. The zero-order valence-corrected chi connectivity index (χ0v) is 16.5. The van der Waals surface area contributed by atoms with Crippen molar-refractivity contribution in [3.05, 3.63) is 59.1 Å². The normalized spacial score (nSPS) is 11.8. The third-order valence-electron chi connectivity index (χ3n) is 3.84. The maximum absolute atomic E-state index is 12.3. The largest absolute Gasteiger partial charge is 0.496 e. The zero-order valence-electron chi connectivity index (χ0n) is 14.9. The molecule has 8 heteroatoms. The first-order chi connectivity index (χ1) is 13.1. The van der Waals surface area contributed by atoms with Crippen molar-refractivity contribution >= 4 is 29.3 Å². The molecule has 0 saturated heterocycles. The molecule has 0 radical (unpaired) electrons. The molecule has 1 amide bonds. The summed E-state index contributed by atoms with van der Waals surface area (Å²) in [6, 6.07) is 15.0. The van der Waals surface area contributed by atoms with Crippen LogP contribution in [0.1, 0.15) is 12.5 Å². The van der Waals surface area contributed by atoms with Crippen LogP contribution >= 0.6 is 23.4 Å². The first-order valence-electron chi connectivity index (χ1n) is 8.31. The molecular weight excluding hydrogens is 384 g/mol. The number of benzene rings is 2. The van der Waals surface area contributed by atoms with Crippen LogP contribution in [0.5, 0.6) is 5.75 Å². The van der Waals surface area contributed by atoms with Crippen molar-refractivity contribution in [1.82, 2.24) is 20.5 Å². The predicted octanol–water partition coefficient (Wildman–Crippen LogP) is 3.93. The van der Waals surface area contributed by atoms with Crippen molar-refractivity contribution < 1.29 is 9.53 Å². The predicted molar refractivity (Wildman–Crippen MR) is 107 cm³/mol. The number of nitrogens with one attached hydrogen (secondary N) is 2. The molecule has 1 heterocycles. The van der Waals surface area contributed by atoms with Crippen molar-refractivity contribution in [2.75, 3.05) is 7.11 Å². The molecule has 0 aliphatic rings. The van der Waals surface area contributed by atoms with E-state index in [1.54, 1.807) is 25.3 Å². The molecule has 0 saturated carbocycles. The topological polar surface area (TPSA) is 79.9 Å². The fourth-order valence-electron chi connectivity index (χ4n) is 2.43. The van der Waals surface area contributed by atoms with Crippen LogP contribution in [-0.4, -0.2) is 33.4 Å². The molecule has 0 bridgehead atoms. The number of ether oxygens (including phenoxy) is 1. The van der Waals surface area contributed by atoms with Crippen molar-refractivity contribution in [3.8, 4) is 17.1 Å². The Labute approximate surface area is 166 Å². The number of rotatable bonds is 7. The standard InChI is InChI=1S/C19H19ClN4O2S/c1-12(18(25)21-11-13-6-4-3-5-7-13)27-19-22-17(23-24-19)15-10-14(20)8-9-16(15)26-2/h3-10,12H,11H2,1-2H3,(H,21,25)(H,22,23,24)/t12-/m0/s1. The third kappa shape index (κ3) is 5.02. The molecule has 3 rings (SSSR count). The van der Waals surface area contributed by atoms with Crippen molar-refractivity contribution in [2.24, 2.45) is 0 Å². The van der Waals surface area contributed by atoms with Gasteiger partial charge in [-0.3, -0.25) is 9.89 Å². The molecule has 1 aromatic heterocycles. The molecule has 6 nitrogen and oxygen atoms in total. The molecule has 0 fully saturated rings. The van der Waals surface area contributed by atoms with E-state index in [2.05, 4.69) is 20.5 Å². The average Bonchev–Trinajstić information content (AvgIpc) is 3.15. The molecule has 2 N–H and O–H groups in total. The Morgan fingerprint density at radius 3 is 2.81 bits per heavy atom. The Morgan fingerprint density at radius 2 is 2.07 bits per heavy atom. The van der Waals surface area contributed by atoms with Gasteiger partial charge in [0.25, 0.3) is 0 Å².